The van der Waals surface area contributed by atoms with Gasteiger partial charge in [0.2, 0.25) is 0 Å². The van der Waals surface area contributed by atoms with Gasteiger partial charge in [-0.3, -0.25) is 0 Å². The molecule has 182 valence electrons. The minimum Gasteiger partial charge on any atom is -0.465 e. The smallest absolute Gasteiger partial charge is 0.465 e. The zero-order valence-corrected chi connectivity index (χ0v) is 21.9. The van der Waals surface area contributed by atoms with Crippen molar-refractivity contribution in [1.82, 2.24) is 4.57 Å². The van der Waals surface area contributed by atoms with E-state index in [1.165, 1.54) is 17.7 Å². The van der Waals surface area contributed by atoms with Gasteiger partial charge in [0.1, 0.15) is 16.7 Å². The first kappa shape index (κ1) is 25.6. The molecular weight excluding hydrogens is 506 g/mol. The lowest BCUT2D eigenvalue weighted by atomic mass is 10.0. The molecule has 3 rings (SSSR count). The highest BCUT2D eigenvalue weighted by Crippen LogP contribution is 2.41. The van der Waals surface area contributed by atoms with Crippen LogP contribution in [0, 0.1) is 0 Å². The minimum atomic E-state index is -0.975. The molecule has 0 aliphatic carbocycles. The second kappa shape index (κ2) is 9.29. The lowest BCUT2D eigenvalue weighted by Crippen LogP contribution is -2.28. The van der Waals surface area contributed by atoms with Crippen LogP contribution in [0.2, 0.25) is 0 Å². The number of rotatable bonds is 3. The zero-order valence-electron chi connectivity index (χ0n) is 20.3. The van der Waals surface area contributed by atoms with Crippen molar-refractivity contribution in [2.24, 2.45) is 0 Å². The van der Waals surface area contributed by atoms with Crippen LogP contribution >= 0.6 is 15.9 Å². The number of esters is 1. The van der Waals surface area contributed by atoms with Crippen molar-refractivity contribution in [3.05, 3.63) is 41.5 Å². The van der Waals surface area contributed by atoms with Crippen LogP contribution in [0.4, 0.5) is 9.59 Å². The van der Waals surface area contributed by atoms with E-state index in [2.05, 4.69) is 15.9 Å². The number of methoxy groups -OCH3 is 1. The fourth-order valence-corrected chi connectivity index (χ4v) is 4.15. The van der Waals surface area contributed by atoms with Crippen molar-refractivity contribution < 1.29 is 33.3 Å². The lowest BCUT2D eigenvalue weighted by molar-refractivity contribution is 0.0205. The van der Waals surface area contributed by atoms with Gasteiger partial charge in [-0.2, -0.15) is 0 Å². The van der Waals surface area contributed by atoms with E-state index in [9.17, 15) is 14.4 Å². The number of alkyl halides is 1. The van der Waals surface area contributed by atoms with E-state index in [4.69, 9.17) is 18.9 Å². The van der Waals surface area contributed by atoms with Crippen LogP contribution in [0.5, 0.6) is 5.75 Å². The number of aromatic nitrogens is 1. The van der Waals surface area contributed by atoms with Gasteiger partial charge in [0.15, 0.2) is 5.75 Å². The molecule has 9 heteroatoms. The van der Waals surface area contributed by atoms with Crippen LogP contribution in [-0.2, 0) is 19.5 Å². The standard InChI is InChI=1S/C25H28BrNO7/c1-24(2,3)33-22(29)27-17-11-9-8-10-14(17)19-16(13-26)15(21(28)31-7)12-18(20(19)27)32-23(30)34-25(4,5)6/h8-12H,13H2,1-7H3. The molecule has 0 saturated heterocycles. The topological polar surface area (TPSA) is 93.1 Å². The van der Waals surface area contributed by atoms with E-state index in [1.807, 2.05) is 12.1 Å². The average Bonchev–Trinajstić information content (AvgIpc) is 3.06. The van der Waals surface area contributed by atoms with E-state index in [1.54, 1.807) is 53.7 Å². The van der Waals surface area contributed by atoms with Gasteiger partial charge in [0, 0.05) is 16.1 Å². The summed E-state index contributed by atoms with van der Waals surface area (Å²) >= 11 is 3.46. The van der Waals surface area contributed by atoms with Crippen molar-refractivity contribution in [3.8, 4) is 5.75 Å². The summed E-state index contributed by atoms with van der Waals surface area (Å²) in [6.45, 7) is 10.4. The molecule has 1 aromatic heterocycles. The van der Waals surface area contributed by atoms with Gasteiger partial charge >= 0.3 is 18.2 Å². The summed E-state index contributed by atoms with van der Waals surface area (Å²) < 4.78 is 22.9. The Bertz CT molecular complexity index is 1280. The van der Waals surface area contributed by atoms with Crippen LogP contribution in [0.3, 0.4) is 0 Å². The van der Waals surface area contributed by atoms with Gasteiger partial charge in [-0.15, -0.1) is 0 Å². The Kier molecular flexibility index (Phi) is 6.98. The first-order chi connectivity index (χ1) is 15.8. The highest BCUT2D eigenvalue weighted by atomic mass is 79.9. The quantitative estimate of drug-likeness (QED) is 0.162. The molecule has 2 aromatic carbocycles. The Balaban J connectivity index is 2.44. The number of para-hydroxylation sites is 1. The monoisotopic (exact) mass is 533 g/mol. The number of fused-ring (bicyclic) bond motifs is 3. The van der Waals surface area contributed by atoms with Crippen molar-refractivity contribution in [1.29, 1.82) is 0 Å². The Labute approximate surface area is 206 Å². The number of halogens is 1. The first-order valence-electron chi connectivity index (χ1n) is 10.6. The Morgan fingerprint density at radius 2 is 1.59 bits per heavy atom. The third-order valence-corrected chi connectivity index (χ3v) is 5.27. The summed E-state index contributed by atoms with van der Waals surface area (Å²) in [6, 6.07) is 8.56. The van der Waals surface area contributed by atoms with Crippen molar-refractivity contribution in [2.45, 2.75) is 58.1 Å². The summed E-state index contributed by atoms with van der Waals surface area (Å²) in [4.78, 5) is 38.6. The third-order valence-electron chi connectivity index (χ3n) is 4.71. The Hall–Kier alpha value is -3.07. The molecule has 0 atom stereocenters. The fraction of sp³-hybridized carbons (Fsp3) is 0.400. The molecule has 0 aliphatic rings. The van der Waals surface area contributed by atoms with Crippen molar-refractivity contribution in [3.63, 3.8) is 0 Å². The first-order valence-corrected chi connectivity index (χ1v) is 11.8. The van der Waals surface area contributed by atoms with E-state index >= 15 is 0 Å². The molecule has 0 spiro atoms. The molecule has 0 amide bonds. The maximum absolute atomic E-state index is 13.4. The maximum Gasteiger partial charge on any atom is 0.514 e. The zero-order chi connectivity index (χ0) is 25.4. The molecule has 0 fully saturated rings. The van der Waals surface area contributed by atoms with E-state index in [-0.39, 0.29) is 22.2 Å². The molecule has 0 aliphatic heterocycles. The maximum atomic E-state index is 13.4. The van der Waals surface area contributed by atoms with Crippen molar-refractivity contribution in [2.75, 3.05) is 7.11 Å². The van der Waals surface area contributed by atoms with Gasteiger partial charge in [-0.05, 0) is 59.2 Å². The van der Waals surface area contributed by atoms with Gasteiger partial charge in [0.25, 0.3) is 0 Å². The van der Waals surface area contributed by atoms with E-state index in [0.29, 0.717) is 21.9 Å². The molecule has 8 nitrogen and oxygen atoms in total. The van der Waals surface area contributed by atoms with E-state index in [0.717, 1.165) is 0 Å². The Morgan fingerprint density at radius 3 is 2.15 bits per heavy atom. The molecule has 3 aromatic rings. The van der Waals surface area contributed by atoms with Gasteiger partial charge < -0.3 is 18.9 Å². The van der Waals surface area contributed by atoms with Crippen LogP contribution in [-0.4, -0.2) is 41.1 Å². The number of nitrogens with zero attached hydrogens (tertiary/aromatic N) is 1. The number of hydrogen-bond acceptors (Lipinski definition) is 7. The minimum absolute atomic E-state index is 0.0311. The van der Waals surface area contributed by atoms with Crippen LogP contribution < -0.4 is 4.74 Å². The molecular formula is C25H28BrNO7. The highest BCUT2D eigenvalue weighted by molar-refractivity contribution is 9.08. The summed E-state index contributed by atoms with van der Waals surface area (Å²) in [5, 5.41) is 1.51. The van der Waals surface area contributed by atoms with Crippen LogP contribution in [0.25, 0.3) is 21.8 Å². The summed E-state index contributed by atoms with van der Waals surface area (Å²) in [5.74, 6) is -0.643. The van der Waals surface area contributed by atoms with Gasteiger partial charge in [0.05, 0.1) is 18.2 Å². The molecule has 0 radical (unpaired) electrons. The van der Waals surface area contributed by atoms with Gasteiger partial charge in [-0.1, -0.05) is 34.1 Å². The SMILES string of the molecule is COC(=O)c1cc(OC(=O)OC(C)(C)C)c2c(c1CBr)c1ccccc1n2C(=O)OC(C)(C)C. The van der Waals surface area contributed by atoms with Crippen molar-refractivity contribution >= 4 is 56.0 Å². The molecule has 0 unspecified atom stereocenters. The highest BCUT2D eigenvalue weighted by Gasteiger charge is 2.30. The number of hydrogen-bond donors (Lipinski definition) is 0. The molecule has 0 saturated carbocycles. The predicted molar refractivity (Wildman–Crippen MR) is 132 cm³/mol. The number of carbonyl (C=O) groups is 3. The molecule has 34 heavy (non-hydrogen) atoms. The van der Waals surface area contributed by atoms with E-state index < -0.39 is 29.4 Å². The Morgan fingerprint density at radius 1 is 0.971 bits per heavy atom. The third kappa shape index (κ3) is 5.19. The second-order valence-electron chi connectivity index (χ2n) is 9.65. The largest absolute Gasteiger partial charge is 0.514 e. The molecule has 1 heterocycles. The average molecular weight is 534 g/mol. The molecule has 0 bridgehead atoms. The van der Waals surface area contributed by atoms with Gasteiger partial charge in [-0.25, -0.2) is 19.0 Å². The number of benzene rings is 2. The van der Waals surface area contributed by atoms with Crippen LogP contribution in [0.1, 0.15) is 57.5 Å². The van der Waals surface area contributed by atoms with Crippen LogP contribution in [0.15, 0.2) is 30.3 Å². The second-order valence-corrected chi connectivity index (χ2v) is 10.2. The normalized spacial score (nSPS) is 12.0. The summed E-state index contributed by atoms with van der Waals surface area (Å²) in [6.07, 6.45) is -1.63. The summed E-state index contributed by atoms with van der Waals surface area (Å²) in [5.41, 5.74) is 0.00285. The lowest BCUT2D eigenvalue weighted by Gasteiger charge is -2.22. The number of ether oxygens (including phenoxy) is 4. The predicted octanol–water partition coefficient (Wildman–Crippen LogP) is 6.57. The summed E-state index contributed by atoms with van der Waals surface area (Å²) in [7, 11) is 1.27. The molecule has 0 N–H and O–H groups in total. The fourth-order valence-electron chi connectivity index (χ4n) is 3.57. The number of carbonyl (C=O) groups excluding carboxylic acids is 3.